The minimum atomic E-state index is -3.07. The molecule has 23 heavy (non-hydrogen) atoms. The van der Waals surface area contributed by atoms with Crippen molar-refractivity contribution >= 4 is 5.91 Å². The van der Waals surface area contributed by atoms with E-state index in [0.29, 0.717) is 11.5 Å². The fraction of sp³-hybridized carbons (Fsp3) is 0.312. The first kappa shape index (κ1) is 16.8. The highest BCUT2D eigenvalue weighted by molar-refractivity contribution is 5.98. The van der Waals surface area contributed by atoms with Gasteiger partial charge >= 0.3 is 6.61 Å². The number of carbonyl (C=O) groups excluding carboxylic acids is 1. The lowest BCUT2D eigenvalue weighted by Crippen LogP contribution is -2.27. The van der Waals surface area contributed by atoms with Gasteiger partial charge in [-0.1, -0.05) is 6.07 Å². The standard InChI is InChI=1S/C16H17F2NO4/c1-9-7-8-12(22-9)10(2)19-15(20)11-5-4-6-13(21-3)14(11)23-16(17)18/h4-8,10,16H,1-3H3,(H,19,20). The van der Waals surface area contributed by atoms with Crippen molar-refractivity contribution in [3.8, 4) is 11.5 Å². The maximum Gasteiger partial charge on any atom is 0.387 e. The van der Waals surface area contributed by atoms with Gasteiger partial charge in [-0.15, -0.1) is 0 Å². The molecule has 0 saturated carbocycles. The number of aryl methyl sites for hydroxylation is 1. The molecule has 0 bridgehead atoms. The molecule has 1 unspecified atom stereocenters. The van der Waals surface area contributed by atoms with Gasteiger partial charge in [-0.05, 0) is 38.1 Å². The Morgan fingerprint density at radius 3 is 2.57 bits per heavy atom. The van der Waals surface area contributed by atoms with Crippen LogP contribution < -0.4 is 14.8 Å². The second-order valence-electron chi connectivity index (χ2n) is 4.86. The lowest BCUT2D eigenvalue weighted by Gasteiger charge is -2.16. The van der Waals surface area contributed by atoms with E-state index in [4.69, 9.17) is 9.15 Å². The number of ether oxygens (including phenoxy) is 2. The second kappa shape index (κ2) is 7.13. The molecule has 0 fully saturated rings. The van der Waals surface area contributed by atoms with Crippen LogP contribution in [-0.2, 0) is 0 Å². The van der Waals surface area contributed by atoms with Crippen molar-refractivity contribution in [1.82, 2.24) is 5.32 Å². The van der Waals surface area contributed by atoms with Crippen molar-refractivity contribution in [2.75, 3.05) is 7.11 Å². The number of carbonyl (C=O) groups is 1. The van der Waals surface area contributed by atoms with E-state index in [9.17, 15) is 13.6 Å². The van der Waals surface area contributed by atoms with Gasteiger partial charge in [-0.2, -0.15) is 8.78 Å². The molecule has 1 aromatic heterocycles. The minimum absolute atomic E-state index is 0.0419. The number of amides is 1. The van der Waals surface area contributed by atoms with E-state index in [0.717, 1.165) is 0 Å². The summed E-state index contributed by atoms with van der Waals surface area (Å²) < 4.78 is 40.0. The molecule has 2 aromatic rings. The number of methoxy groups -OCH3 is 1. The molecule has 0 aliphatic carbocycles. The van der Waals surface area contributed by atoms with Crippen LogP contribution in [0.3, 0.4) is 0 Å². The molecule has 0 aliphatic heterocycles. The first-order chi connectivity index (χ1) is 10.9. The predicted octanol–water partition coefficient (Wildman–Crippen LogP) is 3.69. The number of rotatable bonds is 6. The fourth-order valence-electron chi connectivity index (χ4n) is 2.10. The Hall–Kier alpha value is -2.57. The number of nitrogens with one attached hydrogen (secondary N) is 1. The average molecular weight is 325 g/mol. The van der Waals surface area contributed by atoms with Crippen molar-refractivity contribution in [2.24, 2.45) is 0 Å². The van der Waals surface area contributed by atoms with Gasteiger partial charge in [-0.25, -0.2) is 0 Å². The largest absolute Gasteiger partial charge is 0.493 e. The average Bonchev–Trinajstić information content (AvgIpc) is 2.93. The zero-order valence-corrected chi connectivity index (χ0v) is 12.9. The molecule has 7 heteroatoms. The number of hydrogen-bond donors (Lipinski definition) is 1. The Balaban J connectivity index is 2.24. The molecule has 0 radical (unpaired) electrons. The molecule has 1 atom stereocenters. The van der Waals surface area contributed by atoms with E-state index in [2.05, 4.69) is 10.1 Å². The van der Waals surface area contributed by atoms with E-state index in [-0.39, 0.29) is 17.1 Å². The van der Waals surface area contributed by atoms with Crippen LogP contribution in [0.5, 0.6) is 11.5 Å². The van der Waals surface area contributed by atoms with Crippen molar-refractivity contribution in [2.45, 2.75) is 26.5 Å². The molecule has 1 amide bonds. The summed E-state index contributed by atoms with van der Waals surface area (Å²) in [6.07, 6.45) is 0. The van der Waals surface area contributed by atoms with Gasteiger partial charge in [0, 0.05) is 0 Å². The summed E-state index contributed by atoms with van der Waals surface area (Å²) >= 11 is 0. The van der Waals surface area contributed by atoms with Gasteiger partial charge in [0.05, 0.1) is 18.7 Å². The van der Waals surface area contributed by atoms with Gasteiger partial charge in [0.2, 0.25) is 0 Å². The van der Waals surface area contributed by atoms with Crippen molar-refractivity contribution in [1.29, 1.82) is 0 Å². The molecule has 5 nitrogen and oxygen atoms in total. The molecule has 1 aromatic carbocycles. The molecule has 0 saturated heterocycles. The van der Waals surface area contributed by atoms with E-state index in [1.165, 1.54) is 25.3 Å². The number of halogens is 2. The number of furan rings is 1. The maximum absolute atomic E-state index is 12.6. The number of hydrogen-bond acceptors (Lipinski definition) is 4. The zero-order chi connectivity index (χ0) is 17.0. The van der Waals surface area contributed by atoms with Crippen LogP contribution >= 0.6 is 0 Å². The SMILES string of the molecule is COc1cccc(C(=O)NC(C)c2ccc(C)o2)c1OC(F)F. The highest BCUT2D eigenvalue weighted by Crippen LogP contribution is 2.32. The summed E-state index contributed by atoms with van der Waals surface area (Å²) in [7, 11) is 1.31. The normalized spacial score (nSPS) is 12.1. The summed E-state index contributed by atoms with van der Waals surface area (Å²) in [6, 6.07) is 7.43. The van der Waals surface area contributed by atoms with Crippen molar-refractivity contribution in [3.63, 3.8) is 0 Å². The van der Waals surface area contributed by atoms with Gasteiger partial charge in [0.25, 0.3) is 5.91 Å². The predicted molar refractivity (Wildman–Crippen MR) is 79.0 cm³/mol. The summed E-state index contributed by atoms with van der Waals surface area (Å²) in [5.41, 5.74) is -0.0419. The number of para-hydroxylation sites is 1. The molecular weight excluding hydrogens is 308 g/mol. The van der Waals surface area contributed by atoms with Crippen molar-refractivity contribution in [3.05, 3.63) is 47.4 Å². The van der Waals surface area contributed by atoms with Gasteiger partial charge in [-0.3, -0.25) is 4.79 Å². The van der Waals surface area contributed by atoms with E-state index >= 15 is 0 Å². The van der Waals surface area contributed by atoms with Crippen LogP contribution in [0.15, 0.2) is 34.7 Å². The molecule has 0 spiro atoms. The lowest BCUT2D eigenvalue weighted by atomic mass is 10.1. The van der Waals surface area contributed by atoms with Crippen molar-refractivity contribution < 1.29 is 27.5 Å². The minimum Gasteiger partial charge on any atom is -0.493 e. The van der Waals surface area contributed by atoms with E-state index in [1.54, 1.807) is 26.0 Å². The molecule has 2 rings (SSSR count). The van der Waals surface area contributed by atoms with Gasteiger partial charge < -0.3 is 19.2 Å². The first-order valence-electron chi connectivity index (χ1n) is 6.91. The summed E-state index contributed by atoms with van der Waals surface area (Å²) in [6.45, 7) is 0.446. The molecule has 1 N–H and O–H groups in total. The van der Waals surface area contributed by atoms with E-state index < -0.39 is 18.6 Å². The highest BCUT2D eigenvalue weighted by atomic mass is 19.3. The Kier molecular flexibility index (Phi) is 5.20. The Morgan fingerprint density at radius 1 is 1.26 bits per heavy atom. The Labute approximate surface area is 132 Å². The summed E-state index contributed by atoms with van der Waals surface area (Å²) in [5, 5.41) is 2.68. The topological polar surface area (TPSA) is 60.7 Å². The Morgan fingerprint density at radius 2 is 2.00 bits per heavy atom. The quantitative estimate of drug-likeness (QED) is 0.880. The van der Waals surface area contributed by atoms with Crippen LogP contribution in [0.25, 0.3) is 0 Å². The van der Waals surface area contributed by atoms with E-state index in [1.807, 2.05) is 0 Å². The second-order valence-corrected chi connectivity index (χ2v) is 4.86. The lowest BCUT2D eigenvalue weighted by molar-refractivity contribution is -0.0515. The van der Waals surface area contributed by atoms with Gasteiger partial charge in [0.1, 0.15) is 11.5 Å². The third-order valence-corrected chi connectivity index (χ3v) is 3.19. The zero-order valence-electron chi connectivity index (χ0n) is 12.9. The molecule has 1 heterocycles. The number of alkyl halides is 2. The molecule has 124 valence electrons. The summed E-state index contributed by atoms with van der Waals surface area (Å²) in [4.78, 5) is 12.4. The fourth-order valence-corrected chi connectivity index (χ4v) is 2.10. The molecular formula is C16H17F2NO4. The maximum atomic E-state index is 12.6. The highest BCUT2D eigenvalue weighted by Gasteiger charge is 2.22. The smallest absolute Gasteiger partial charge is 0.387 e. The summed E-state index contributed by atoms with van der Waals surface area (Å²) in [5.74, 6) is 0.463. The van der Waals surface area contributed by atoms with Gasteiger partial charge in [0.15, 0.2) is 11.5 Å². The van der Waals surface area contributed by atoms with Crippen LogP contribution in [0.4, 0.5) is 8.78 Å². The third-order valence-electron chi connectivity index (χ3n) is 3.19. The Bertz CT molecular complexity index is 684. The molecule has 0 aliphatic rings. The first-order valence-corrected chi connectivity index (χ1v) is 6.91. The van der Waals surface area contributed by atoms with Crippen LogP contribution in [-0.4, -0.2) is 19.6 Å². The monoisotopic (exact) mass is 325 g/mol. The van der Waals surface area contributed by atoms with Crippen LogP contribution in [0.1, 0.15) is 34.8 Å². The number of benzene rings is 1. The van der Waals surface area contributed by atoms with Crippen LogP contribution in [0.2, 0.25) is 0 Å². The van der Waals surface area contributed by atoms with Crippen LogP contribution in [0, 0.1) is 6.92 Å². The third kappa shape index (κ3) is 4.00.